The van der Waals surface area contributed by atoms with E-state index in [0.29, 0.717) is 11.7 Å². The molecule has 11 heavy (non-hydrogen) atoms. The van der Waals surface area contributed by atoms with Crippen molar-refractivity contribution >= 4 is 17.7 Å². The van der Waals surface area contributed by atoms with Crippen LogP contribution >= 0.6 is 11.8 Å². The summed E-state index contributed by atoms with van der Waals surface area (Å²) in [5.41, 5.74) is 0. The molecule has 1 fully saturated rings. The molecule has 1 rings (SSSR count). The molecule has 0 aromatic heterocycles. The van der Waals surface area contributed by atoms with Crippen LogP contribution in [0.1, 0.15) is 6.42 Å². The molecule has 1 N–H and O–H groups in total. The van der Waals surface area contributed by atoms with E-state index in [-0.39, 0.29) is 0 Å². The molecular weight excluding hydrogens is 162 g/mol. The molecule has 0 aromatic rings. The van der Waals surface area contributed by atoms with Gasteiger partial charge in [-0.25, -0.2) is 0 Å². The van der Waals surface area contributed by atoms with Gasteiger partial charge < -0.3 is 10.0 Å². The van der Waals surface area contributed by atoms with E-state index in [2.05, 4.69) is 4.90 Å². The van der Waals surface area contributed by atoms with Gasteiger partial charge in [0, 0.05) is 24.1 Å². The summed E-state index contributed by atoms with van der Waals surface area (Å²) in [6.45, 7) is 2.00. The van der Waals surface area contributed by atoms with E-state index in [1.54, 1.807) is 11.8 Å². The summed E-state index contributed by atoms with van der Waals surface area (Å²) < 4.78 is 0. The van der Waals surface area contributed by atoms with Gasteiger partial charge >= 0.3 is 5.97 Å². The monoisotopic (exact) mass is 175 g/mol. The molecule has 0 aliphatic carbocycles. The maximum Gasteiger partial charge on any atom is 0.304 e. The molecule has 3 nitrogen and oxygen atoms in total. The van der Waals surface area contributed by atoms with Crippen LogP contribution in [-0.4, -0.2) is 47.1 Å². The Morgan fingerprint density at radius 3 is 3.09 bits per heavy atom. The Morgan fingerprint density at radius 1 is 1.82 bits per heavy atom. The predicted octanol–water partition coefficient (Wildman–Crippen LogP) is 0.508. The molecule has 1 aliphatic rings. The molecule has 0 saturated carbocycles. The van der Waals surface area contributed by atoms with Crippen LogP contribution in [0, 0.1) is 0 Å². The molecular formula is C7H13NO2S. The Morgan fingerprint density at radius 2 is 2.55 bits per heavy atom. The van der Waals surface area contributed by atoms with Gasteiger partial charge in [0.1, 0.15) is 0 Å². The van der Waals surface area contributed by atoms with Gasteiger partial charge in [0.05, 0.1) is 6.42 Å². The molecule has 1 unspecified atom stereocenters. The zero-order valence-corrected chi connectivity index (χ0v) is 7.43. The van der Waals surface area contributed by atoms with E-state index < -0.39 is 5.97 Å². The van der Waals surface area contributed by atoms with E-state index in [0.717, 1.165) is 18.8 Å². The number of aliphatic carboxylic acids is 1. The summed E-state index contributed by atoms with van der Waals surface area (Å²) >= 11 is 1.77. The Labute approximate surface area is 70.8 Å². The lowest BCUT2D eigenvalue weighted by molar-refractivity contribution is -0.137. The molecule has 0 bridgehead atoms. The van der Waals surface area contributed by atoms with Crippen LogP contribution in [0.15, 0.2) is 0 Å². The Bertz CT molecular complexity index is 151. The van der Waals surface area contributed by atoms with Crippen LogP contribution in [0.4, 0.5) is 0 Å². The van der Waals surface area contributed by atoms with Crippen molar-refractivity contribution in [1.29, 1.82) is 0 Å². The van der Waals surface area contributed by atoms with Crippen LogP contribution in [0.2, 0.25) is 0 Å². The maximum atomic E-state index is 10.3. The first-order valence-corrected chi connectivity index (χ1v) is 4.75. The van der Waals surface area contributed by atoms with Gasteiger partial charge in [0.2, 0.25) is 0 Å². The minimum atomic E-state index is -0.683. The van der Waals surface area contributed by atoms with Crippen LogP contribution < -0.4 is 0 Å². The van der Waals surface area contributed by atoms with Gasteiger partial charge in [-0.1, -0.05) is 0 Å². The van der Waals surface area contributed by atoms with Crippen molar-refractivity contribution in [2.75, 3.05) is 25.9 Å². The third-order valence-electron chi connectivity index (χ3n) is 1.74. The topological polar surface area (TPSA) is 40.5 Å². The summed E-state index contributed by atoms with van der Waals surface area (Å²) in [5.74, 6) is 0.381. The fourth-order valence-electron chi connectivity index (χ4n) is 1.19. The summed E-state index contributed by atoms with van der Waals surface area (Å²) in [6, 6.07) is 0. The van der Waals surface area contributed by atoms with E-state index in [1.807, 2.05) is 7.05 Å². The Hall–Kier alpha value is -0.220. The molecule has 1 heterocycles. The molecule has 1 atom stereocenters. The second-order valence-corrected chi connectivity index (χ2v) is 4.26. The number of rotatable bonds is 2. The fourth-order valence-corrected chi connectivity index (χ4v) is 2.56. The number of carboxylic acid groups (broad SMARTS) is 1. The second-order valence-electron chi connectivity index (χ2n) is 2.85. The average Bonchev–Trinajstić information content (AvgIpc) is 1.85. The minimum absolute atomic E-state index is 0.297. The number of nitrogens with zero attached hydrogens (tertiary/aromatic N) is 1. The molecule has 0 amide bonds. The maximum absolute atomic E-state index is 10.3. The quantitative estimate of drug-likeness (QED) is 0.664. The number of thioether (sulfide) groups is 1. The van der Waals surface area contributed by atoms with Crippen LogP contribution in [0.3, 0.4) is 0 Å². The zero-order chi connectivity index (χ0) is 8.27. The van der Waals surface area contributed by atoms with Crippen LogP contribution in [0.25, 0.3) is 0 Å². The summed E-state index contributed by atoms with van der Waals surface area (Å²) in [5, 5.41) is 8.82. The van der Waals surface area contributed by atoms with E-state index >= 15 is 0 Å². The number of carbonyl (C=O) groups is 1. The SMILES string of the molecule is CN1CCSC(CC(=O)O)C1. The summed E-state index contributed by atoms with van der Waals surface area (Å²) in [4.78, 5) is 12.5. The first-order valence-electron chi connectivity index (χ1n) is 3.70. The van der Waals surface area contributed by atoms with Gasteiger partial charge in [-0.05, 0) is 7.05 Å². The van der Waals surface area contributed by atoms with Gasteiger partial charge in [0.15, 0.2) is 0 Å². The molecule has 0 aromatic carbocycles. The lowest BCUT2D eigenvalue weighted by atomic mass is 10.3. The van der Waals surface area contributed by atoms with E-state index in [4.69, 9.17) is 5.11 Å². The second kappa shape index (κ2) is 3.97. The smallest absolute Gasteiger partial charge is 0.304 e. The standard InChI is InChI=1S/C7H13NO2S/c1-8-2-3-11-6(5-8)4-7(9)10/h6H,2-5H2,1H3,(H,9,10). The van der Waals surface area contributed by atoms with Crippen molar-refractivity contribution < 1.29 is 9.90 Å². The lowest BCUT2D eigenvalue weighted by Crippen LogP contribution is -2.35. The highest BCUT2D eigenvalue weighted by atomic mass is 32.2. The van der Waals surface area contributed by atoms with Gasteiger partial charge in [-0.3, -0.25) is 4.79 Å². The summed E-state index contributed by atoms with van der Waals surface area (Å²) in [6.07, 6.45) is 0.301. The fraction of sp³-hybridized carbons (Fsp3) is 0.857. The van der Waals surface area contributed by atoms with Crippen molar-refractivity contribution in [3.63, 3.8) is 0 Å². The zero-order valence-electron chi connectivity index (χ0n) is 6.62. The van der Waals surface area contributed by atoms with Gasteiger partial charge in [-0.15, -0.1) is 0 Å². The van der Waals surface area contributed by atoms with Crippen molar-refractivity contribution in [2.45, 2.75) is 11.7 Å². The van der Waals surface area contributed by atoms with Crippen LogP contribution in [-0.2, 0) is 4.79 Å². The van der Waals surface area contributed by atoms with E-state index in [9.17, 15) is 4.79 Å². The number of hydrogen-bond donors (Lipinski definition) is 1. The minimum Gasteiger partial charge on any atom is -0.481 e. The highest BCUT2D eigenvalue weighted by molar-refractivity contribution is 8.00. The normalized spacial score (nSPS) is 26.8. The molecule has 1 saturated heterocycles. The van der Waals surface area contributed by atoms with Crippen molar-refractivity contribution in [3.8, 4) is 0 Å². The lowest BCUT2D eigenvalue weighted by Gasteiger charge is -2.28. The predicted molar refractivity (Wildman–Crippen MR) is 46.0 cm³/mol. The van der Waals surface area contributed by atoms with Crippen molar-refractivity contribution in [2.24, 2.45) is 0 Å². The number of carboxylic acids is 1. The Kier molecular flexibility index (Phi) is 3.20. The molecule has 0 radical (unpaired) electrons. The van der Waals surface area contributed by atoms with Crippen molar-refractivity contribution in [1.82, 2.24) is 4.90 Å². The molecule has 1 aliphatic heterocycles. The molecule has 64 valence electrons. The Balaban J connectivity index is 2.28. The van der Waals surface area contributed by atoms with Gasteiger partial charge in [-0.2, -0.15) is 11.8 Å². The highest BCUT2D eigenvalue weighted by Gasteiger charge is 2.19. The third kappa shape index (κ3) is 3.12. The van der Waals surface area contributed by atoms with E-state index in [1.165, 1.54) is 0 Å². The first kappa shape index (κ1) is 8.87. The first-order chi connectivity index (χ1) is 5.18. The van der Waals surface area contributed by atoms with Crippen LogP contribution in [0.5, 0.6) is 0 Å². The summed E-state index contributed by atoms with van der Waals surface area (Å²) in [7, 11) is 2.04. The van der Waals surface area contributed by atoms with Crippen molar-refractivity contribution in [3.05, 3.63) is 0 Å². The molecule has 4 heteroatoms. The average molecular weight is 175 g/mol. The number of hydrogen-bond acceptors (Lipinski definition) is 3. The van der Waals surface area contributed by atoms with Gasteiger partial charge in [0.25, 0.3) is 0 Å². The highest BCUT2D eigenvalue weighted by Crippen LogP contribution is 2.19. The third-order valence-corrected chi connectivity index (χ3v) is 2.95. The molecule has 0 spiro atoms. The largest absolute Gasteiger partial charge is 0.481 e.